The number of aromatic nitrogens is 1. The Kier molecular flexibility index (Phi) is 3.18. The maximum absolute atomic E-state index is 12.2. The summed E-state index contributed by atoms with van der Waals surface area (Å²) in [5, 5.41) is 10.2. The predicted molar refractivity (Wildman–Crippen MR) is 75.0 cm³/mol. The van der Waals surface area contributed by atoms with E-state index in [0.29, 0.717) is 12.0 Å². The molecule has 100 valence electrons. The lowest BCUT2D eigenvalue weighted by molar-refractivity contribution is 0.0693. The first-order valence-corrected chi connectivity index (χ1v) is 6.24. The van der Waals surface area contributed by atoms with Crippen LogP contribution in [0.25, 0.3) is 10.9 Å². The van der Waals surface area contributed by atoms with Gasteiger partial charge in [0.05, 0.1) is 5.52 Å². The largest absolute Gasteiger partial charge is 0.477 e. The Balaban J connectivity index is 3.14. The molecule has 0 unspecified atom stereocenters. The van der Waals surface area contributed by atoms with Crippen LogP contribution in [-0.2, 0) is 13.5 Å². The van der Waals surface area contributed by atoms with Crippen LogP contribution < -0.4 is 5.56 Å². The molecule has 0 atom stereocenters. The highest BCUT2D eigenvalue weighted by atomic mass is 16.4. The van der Waals surface area contributed by atoms with Gasteiger partial charge in [-0.05, 0) is 43.0 Å². The number of aryl methyl sites for hydroxylation is 4. The van der Waals surface area contributed by atoms with Crippen molar-refractivity contribution in [3.63, 3.8) is 0 Å². The summed E-state index contributed by atoms with van der Waals surface area (Å²) in [6.45, 7) is 5.79. The number of carboxylic acids is 1. The number of carbonyl (C=O) groups is 1. The third-order valence-corrected chi connectivity index (χ3v) is 3.51. The number of aromatic carboxylic acids is 1. The number of nitrogens with zero attached hydrogens (tertiary/aromatic N) is 1. The van der Waals surface area contributed by atoms with Gasteiger partial charge in [-0.25, -0.2) is 4.79 Å². The van der Waals surface area contributed by atoms with Crippen LogP contribution in [0.4, 0.5) is 0 Å². The van der Waals surface area contributed by atoms with Gasteiger partial charge in [-0.2, -0.15) is 0 Å². The summed E-state index contributed by atoms with van der Waals surface area (Å²) < 4.78 is 1.43. The zero-order chi connectivity index (χ0) is 14.3. The Hall–Kier alpha value is -2.10. The first kappa shape index (κ1) is 13.3. The van der Waals surface area contributed by atoms with Crippen LogP contribution in [0, 0.1) is 13.8 Å². The molecular weight excluding hydrogens is 242 g/mol. The predicted octanol–water partition coefficient (Wildman–Crippen LogP) is 2.42. The Bertz CT molecular complexity index is 741. The second kappa shape index (κ2) is 4.53. The van der Waals surface area contributed by atoms with Gasteiger partial charge >= 0.3 is 5.97 Å². The van der Waals surface area contributed by atoms with Gasteiger partial charge in [0, 0.05) is 12.4 Å². The molecule has 1 aromatic heterocycles. The van der Waals surface area contributed by atoms with E-state index in [9.17, 15) is 14.7 Å². The van der Waals surface area contributed by atoms with Gasteiger partial charge in [0.25, 0.3) is 5.56 Å². The number of fused-ring (bicyclic) bond motifs is 1. The van der Waals surface area contributed by atoms with Gasteiger partial charge in [-0.3, -0.25) is 4.79 Å². The van der Waals surface area contributed by atoms with Gasteiger partial charge in [-0.1, -0.05) is 13.0 Å². The van der Waals surface area contributed by atoms with Crippen LogP contribution >= 0.6 is 0 Å². The SMILES string of the molecule is CCc1c(C(=O)O)c(=O)n(C)c2cc(C)cc(C)c12. The van der Waals surface area contributed by atoms with Gasteiger partial charge in [-0.15, -0.1) is 0 Å². The number of pyridine rings is 1. The second-order valence-corrected chi connectivity index (χ2v) is 4.85. The minimum Gasteiger partial charge on any atom is -0.477 e. The third-order valence-electron chi connectivity index (χ3n) is 3.51. The molecule has 1 N–H and O–H groups in total. The van der Waals surface area contributed by atoms with Crippen LogP contribution in [0.5, 0.6) is 0 Å². The molecule has 1 heterocycles. The van der Waals surface area contributed by atoms with E-state index in [2.05, 4.69) is 0 Å². The second-order valence-electron chi connectivity index (χ2n) is 4.85. The molecule has 0 aliphatic rings. The van der Waals surface area contributed by atoms with Crippen molar-refractivity contribution in [2.24, 2.45) is 7.05 Å². The summed E-state index contributed by atoms with van der Waals surface area (Å²) >= 11 is 0. The molecule has 0 radical (unpaired) electrons. The Morgan fingerprint density at radius 3 is 2.47 bits per heavy atom. The first-order valence-electron chi connectivity index (χ1n) is 6.24. The van der Waals surface area contributed by atoms with E-state index < -0.39 is 11.5 Å². The smallest absolute Gasteiger partial charge is 0.341 e. The quantitative estimate of drug-likeness (QED) is 0.901. The molecule has 0 saturated heterocycles. The number of hydrogen-bond donors (Lipinski definition) is 1. The van der Waals surface area contributed by atoms with Crippen molar-refractivity contribution in [2.75, 3.05) is 0 Å². The molecular formula is C15H17NO3. The number of carboxylic acid groups (broad SMARTS) is 1. The molecule has 2 rings (SSSR count). The highest BCUT2D eigenvalue weighted by Gasteiger charge is 2.20. The molecule has 19 heavy (non-hydrogen) atoms. The van der Waals surface area contributed by atoms with Crippen molar-refractivity contribution < 1.29 is 9.90 Å². The highest BCUT2D eigenvalue weighted by molar-refractivity contribution is 5.97. The lowest BCUT2D eigenvalue weighted by Gasteiger charge is -2.15. The fourth-order valence-corrected chi connectivity index (χ4v) is 2.71. The van der Waals surface area contributed by atoms with E-state index in [-0.39, 0.29) is 5.56 Å². The minimum atomic E-state index is -1.15. The van der Waals surface area contributed by atoms with Crippen molar-refractivity contribution in [3.8, 4) is 0 Å². The van der Waals surface area contributed by atoms with Crippen molar-refractivity contribution in [1.82, 2.24) is 4.57 Å². The van der Waals surface area contributed by atoms with Crippen LogP contribution in [0.15, 0.2) is 16.9 Å². The number of benzene rings is 1. The van der Waals surface area contributed by atoms with Gasteiger partial charge in [0.1, 0.15) is 5.56 Å². The lowest BCUT2D eigenvalue weighted by Crippen LogP contribution is -2.27. The lowest BCUT2D eigenvalue weighted by atomic mass is 9.96. The fraction of sp³-hybridized carbons (Fsp3) is 0.333. The van der Waals surface area contributed by atoms with Crippen LogP contribution in [0.2, 0.25) is 0 Å². The van der Waals surface area contributed by atoms with E-state index in [1.165, 1.54) is 4.57 Å². The topological polar surface area (TPSA) is 59.3 Å². The highest BCUT2D eigenvalue weighted by Crippen LogP contribution is 2.25. The summed E-state index contributed by atoms with van der Waals surface area (Å²) in [6, 6.07) is 3.94. The van der Waals surface area contributed by atoms with Crippen LogP contribution in [0.3, 0.4) is 0 Å². The van der Waals surface area contributed by atoms with Crippen molar-refractivity contribution >= 4 is 16.9 Å². The van der Waals surface area contributed by atoms with Crippen molar-refractivity contribution in [2.45, 2.75) is 27.2 Å². The van der Waals surface area contributed by atoms with Gasteiger partial charge in [0.15, 0.2) is 0 Å². The fourth-order valence-electron chi connectivity index (χ4n) is 2.71. The molecule has 0 bridgehead atoms. The van der Waals surface area contributed by atoms with E-state index in [1.807, 2.05) is 32.9 Å². The Morgan fingerprint density at radius 2 is 1.95 bits per heavy atom. The molecule has 1 aromatic carbocycles. The van der Waals surface area contributed by atoms with Crippen LogP contribution in [0.1, 0.15) is 34.0 Å². The first-order chi connectivity index (χ1) is 8.88. The standard InChI is InChI=1S/C15H17NO3/c1-5-10-12-9(3)6-8(2)7-11(12)16(4)14(17)13(10)15(18)19/h6-7H,5H2,1-4H3,(H,18,19). The maximum atomic E-state index is 12.2. The minimum absolute atomic E-state index is 0.107. The monoisotopic (exact) mass is 259 g/mol. The third kappa shape index (κ3) is 1.93. The average molecular weight is 259 g/mol. The van der Waals surface area contributed by atoms with Gasteiger partial charge in [0.2, 0.25) is 0 Å². The van der Waals surface area contributed by atoms with E-state index in [1.54, 1.807) is 7.05 Å². The average Bonchev–Trinajstić information content (AvgIpc) is 2.32. The molecule has 0 aliphatic heterocycles. The van der Waals surface area contributed by atoms with E-state index in [4.69, 9.17) is 0 Å². The van der Waals surface area contributed by atoms with Crippen molar-refractivity contribution in [3.05, 3.63) is 44.7 Å². The normalized spacial score (nSPS) is 10.9. The molecule has 0 fully saturated rings. The number of rotatable bonds is 2. The molecule has 0 spiro atoms. The summed E-state index contributed by atoms with van der Waals surface area (Å²) in [6.07, 6.45) is 0.526. The molecule has 0 saturated carbocycles. The van der Waals surface area contributed by atoms with E-state index >= 15 is 0 Å². The summed E-state index contributed by atoms with van der Waals surface area (Å²) in [4.78, 5) is 23.6. The van der Waals surface area contributed by atoms with Gasteiger partial charge < -0.3 is 9.67 Å². The maximum Gasteiger partial charge on any atom is 0.341 e. The Morgan fingerprint density at radius 1 is 1.32 bits per heavy atom. The zero-order valence-corrected chi connectivity index (χ0v) is 11.6. The molecule has 2 aromatic rings. The summed E-state index contributed by atoms with van der Waals surface area (Å²) in [5.41, 5.74) is 2.94. The van der Waals surface area contributed by atoms with E-state index in [0.717, 1.165) is 22.0 Å². The molecule has 4 nitrogen and oxygen atoms in total. The Labute approximate surface area is 111 Å². The van der Waals surface area contributed by atoms with Crippen molar-refractivity contribution in [1.29, 1.82) is 0 Å². The molecule has 4 heteroatoms. The summed E-state index contributed by atoms with van der Waals surface area (Å²) in [7, 11) is 1.62. The molecule has 0 aliphatic carbocycles. The molecule has 0 amide bonds. The summed E-state index contributed by atoms with van der Waals surface area (Å²) in [5.74, 6) is -1.15. The van der Waals surface area contributed by atoms with Crippen LogP contribution in [-0.4, -0.2) is 15.6 Å². The zero-order valence-electron chi connectivity index (χ0n) is 11.6. The number of hydrogen-bond acceptors (Lipinski definition) is 2.